The van der Waals surface area contributed by atoms with Crippen LogP contribution in [0.15, 0.2) is 6.07 Å². The van der Waals surface area contributed by atoms with Gasteiger partial charge in [0.25, 0.3) is 17.5 Å². The molecule has 1 N–H and O–H groups in total. The Morgan fingerprint density at radius 2 is 2.03 bits per heavy atom. The Morgan fingerprint density at radius 1 is 1.26 bits per heavy atom. The number of rotatable bonds is 6. The molecule has 0 radical (unpaired) electrons. The van der Waals surface area contributed by atoms with E-state index in [-0.39, 0.29) is 18.2 Å². The normalized spacial score (nSPS) is 16.1. The summed E-state index contributed by atoms with van der Waals surface area (Å²) < 4.78 is 12.0. The Bertz CT molecular complexity index is 1280. The third-order valence-electron chi connectivity index (χ3n) is 5.68. The molecule has 10 nitrogen and oxygen atoms in total. The van der Waals surface area contributed by atoms with Gasteiger partial charge in [-0.2, -0.15) is 4.98 Å². The molecule has 2 atom stereocenters. The lowest BCUT2D eigenvalue weighted by Crippen LogP contribution is -2.30. The van der Waals surface area contributed by atoms with Crippen LogP contribution in [-0.2, 0) is 27.1 Å². The van der Waals surface area contributed by atoms with E-state index in [1.165, 1.54) is 22.8 Å². The topological polar surface area (TPSA) is 125 Å². The molecule has 0 aromatic carbocycles. The maximum atomic E-state index is 12.9. The Hall–Kier alpha value is -3.34. The van der Waals surface area contributed by atoms with Gasteiger partial charge in [0.15, 0.2) is 6.10 Å². The van der Waals surface area contributed by atoms with Crippen LogP contribution in [0.25, 0.3) is 5.78 Å². The smallest absolute Gasteiger partial charge is 0.379 e. The SMILES string of the molecule is CCOC(=O)c1c(NC(=O)[C@@H](C)OC(=O)c2nc3nc(C)cc(C)n3n2)sc2c1CC[C@@H](C)C2. The van der Waals surface area contributed by atoms with Crippen LogP contribution in [0.5, 0.6) is 0 Å². The fraction of sp³-hybridized carbons (Fsp3) is 0.478. The fourth-order valence-electron chi connectivity index (χ4n) is 3.99. The predicted octanol–water partition coefficient (Wildman–Crippen LogP) is 3.29. The first-order valence-corrected chi connectivity index (χ1v) is 12.0. The van der Waals surface area contributed by atoms with Crippen molar-refractivity contribution < 1.29 is 23.9 Å². The standard InChI is InChI=1S/C23H27N5O5S/c1-6-32-21(30)17-15-8-7-11(2)9-16(15)34-20(17)26-19(29)14(5)33-22(31)18-25-23-24-12(3)10-13(4)28(23)27-18/h10-11,14H,6-9H2,1-5H3,(H,26,29)/t11-,14-/m1/s1. The molecule has 3 aromatic rings. The lowest BCUT2D eigenvalue weighted by Gasteiger charge is -2.18. The quantitative estimate of drug-likeness (QED) is 0.528. The van der Waals surface area contributed by atoms with Gasteiger partial charge in [0, 0.05) is 16.3 Å². The predicted molar refractivity (Wildman–Crippen MR) is 125 cm³/mol. The highest BCUT2D eigenvalue weighted by molar-refractivity contribution is 7.17. The van der Waals surface area contributed by atoms with Crippen molar-refractivity contribution in [1.29, 1.82) is 0 Å². The zero-order valence-electron chi connectivity index (χ0n) is 19.8. The average Bonchev–Trinajstić information content (AvgIpc) is 3.34. The number of hydrogen-bond donors (Lipinski definition) is 1. The molecule has 0 saturated carbocycles. The van der Waals surface area contributed by atoms with E-state index in [0.29, 0.717) is 16.5 Å². The van der Waals surface area contributed by atoms with Gasteiger partial charge in [-0.1, -0.05) is 6.92 Å². The van der Waals surface area contributed by atoms with Crippen LogP contribution in [0, 0.1) is 19.8 Å². The van der Waals surface area contributed by atoms with Crippen LogP contribution in [0.2, 0.25) is 0 Å². The minimum absolute atomic E-state index is 0.186. The van der Waals surface area contributed by atoms with Gasteiger partial charge < -0.3 is 14.8 Å². The van der Waals surface area contributed by atoms with Crippen LogP contribution < -0.4 is 5.32 Å². The summed E-state index contributed by atoms with van der Waals surface area (Å²) in [6.07, 6.45) is 1.44. The summed E-state index contributed by atoms with van der Waals surface area (Å²) in [7, 11) is 0. The van der Waals surface area contributed by atoms with E-state index in [4.69, 9.17) is 9.47 Å². The number of fused-ring (bicyclic) bond motifs is 2. The van der Waals surface area contributed by atoms with Gasteiger partial charge in [-0.05, 0) is 64.5 Å². The molecule has 1 amide bonds. The molecule has 180 valence electrons. The molecule has 0 unspecified atom stereocenters. The first-order valence-electron chi connectivity index (χ1n) is 11.2. The Balaban J connectivity index is 1.51. The second-order valence-corrected chi connectivity index (χ2v) is 9.60. The number of thiophene rings is 1. The number of aromatic nitrogens is 4. The highest BCUT2D eigenvalue weighted by Gasteiger charge is 2.31. The lowest BCUT2D eigenvalue weighted by atomic mass is 9.88. The zero-order chi connectivity index (χ0) is 24.6. The summed E-state index contributed by atoms with van der Waals surface area (Å²) in [5.41, 5.74) is 2.85. The van der Waals surface area contributed by atoms with Crippen molar-refractivity contribution in [3.63, 3.8) is 0 Å². The number of amides is 1. The van der Waals surface area contributed by atoms with E-state index < -0.39 is 23.9 Å². The summed E-state index contributed by atoms with van der Waals surface area (Å²) in [5.74, 6) is -1.26. The van der Waals surface area contributed by atoms with Gasteiger partial charge in [0.2, 0.25) is 0 Å². The maximum Gasteiger partial charge on any atom is 0.379 e. The van der Waals surface area contributed by atoms with Crippen LogP contribution >= 0.6 is 11.3 Å². The van der Waals surface area contributed by atoms with Gasteiger partial charge >= 0.3 is 11.9 Å². The lowest BCUT2D eigenvalue weighted by molar-refractivity contribution is -0.123. The first-order chi connectivity index (χ1) is 16.2. The first kappa shape index (κ1) is 23.8. The number of nitrogens with one attached hydrogen (secondary N) is 1. The Labute approximate surface area is 200 Å². The number of nitrogens with zero attached hydrogens (tertiary/aromatic N) is 4. The molecule has 0 spiro atoms. The third-order valence-corrected chi connectivity index (χ3v) is 6.85. The van der Waals surface area contributed by atoms with Gasteiger partial charge in [0.05, 0.1) is 12.2 Å². The minimum Gasteiger partial charge on any atom is -0.462 e. The summed E-state index contributed by atoms with van der Waals surface area (Å²) in [5, 5.41) is 7.32. The van der Waals surface area contributed by atoms with Gasteiger partial charge in [-0.15, -0.1) is 16.4 Å². The molecule has 3 heterocycles. The van der Waals surface area contributed by atoms with Crippen molar-refractivity contribution in [3.05, 3.63) is 39.3 Å². The molecule has 11 heteroatoms. The summed E-state index contributed by atoms with van der Waals surface area (Å²) in [4.78, 5) is 47.6. The monoisotopic (exact) mass is 485 g/mol. The molecule has 3 aromatic heterocycles. The number of aryl methyl sites for hydroxylation is 2. The molecule has 1 aliphatic carbocycles. The van der Waals surface area contributed by atoms with Crippen LogP contribution in [-0.4, -0.2) is 50.1 Å². The molecule has 1 aliphatic rings. The third kappa shape index (κ3) is 4.65. The van der Waals surface area contributed by atoms with Gasteiger partial charge in [0.1, 0.15) is 5.00 Å². The van der Waals surface area contributed by atoms with Crippen LogP contribution in [0.4, 0.5) is 5.00 Å². The molecule has 0 saturated heterocycles. The van der Waals surface area contributed by atoms with E-state index in [2.05, 4.69) is 27.3 Å². The second kappa shape index (κ2) is 9.49. The van der Waals surface area contributed by atoms with Crippen LogP contribution in [0.1, 0.15) is 70.0 Å². The summed E-state index contributed by atoms with van der Waals surface area (Å²) in [6, 6.07) is 1.81. The molecule has 4 rings (SSSR count). The Morgan fingerprint density at radius 3 is 2.76 bits per heavy atom. The van der Waals surface area contributed by atoms with Crippen molar-refractivity contribution in [2.24, 2.45) is 5.92 Å². The number of hydrogen-bond acceptors (Lipinski definition) is 9. The number of ether oxygens (including phenoxy) is 2. The van der Waals surface area contributed by atoms with Crippen molar-refractivity contribution in [2.75, 3.05) is 11.9 Å². The number of esters is 2. The highest BCUT2D eigenvalue weighted by atomic mass is 32.1. The van der Waals surface area contributed by atoms with E-state index in [9.17, 15) is 14.4 Å². The van der Waals surface area contributed by atoms with Crippen LogP contribution in [0.3, 0.4) is 0 Å². The molecule has 34 heavy (non-hydrogen) atoms. The highest BCUT2D eigenvalue weighted by Crippen LogP contribution is 2.40. The second-order valence-electron chi connectivity index (χ2n) is 8.50. The van der Waals surface area contributed by atoms with Gasteiger partial charge in [-0.25, -0.2) is 19.1 Å². The average molecular weight is 486 g/mol. The fourth-order valence-corrected chi connectivity index (χ4v) is 5.39. The molecular weight excluding hydrogens is 458 g/mol. The molecule has 0 bridgehead atoms. The molecule has 0 fully saturated rings. The minimum atomic E-state index is -1.14. The zero-order valence-corrected chi connectivity index (χ0v) is 20.6. The molecular formula is C23H27N5O5S. The molecule has 0 aliphatic heterocycles. The van der Waals surface area contributed by atoms with E-state index in [1.807, 2.05) is 19.9 Å². The Kier molecular flexibility index (Phi) is 6.65. The number of carbonyl (C=O) groups is 3. The number of anilines is 1. The van der Waals surface area contributed by atoms with Crippen molar-refractivity contribution >= 4 is 40.0 Å². The van der Waals surface area contributed by atoms with Crippen molar-refractivity contribution in [3.8, 4) is 0 Å². The van der Waals surface area contributed by atoms with Crippen molar-refractivity contribution in [1.82, 2.24) is 19.6 Å². The summed E-state index contributed by atoms with van der Waals surface area (Å²) in [6.45, 7) is 9.24. The van der Waals surface area contributed by atoms with E-state index in [0.717, 1.165) is 41.1 Å². The van der Waals surface area contributed by atoms with Gasteiger partial charge in [-0.3, -0.25) is 4.79 Å². The number of carbonyl (C=O) groups excluding carboxylic acids is 3. The van der Waals surface area contributed by atoms with Crippen molar-refractivity contribution in [2.45, 2.75) is 60.0 Å². The summed E-state index contributed by atoms with van der Waals surface area (Å²) >= 11 is 1.38. The maximum absolute atomic E-state index is 12.9. The van der Waals surface area contributed by atoms with E-state index >= 15 is 0 Å². The largest absolute Gasteiger partial charge is 0.462 e. The van der Waals surface area contributed by atoms with E-state index in [1.54, 1.807) is 6.92 Å².